The van der Waals surface area contributed by atoms with E-state index in [1.165, 1.54) is 31.4 Å². The molecule has 3 aromatic rings. The Labute approximate surface area is 193 Å². The van der Waals surface area contributed by atoms with E-state index in [-0.39, 0.29) is 10.8 Å². The number of methoxy groups -OCH3 is 3. The van der Waals surface area contributed by atoms with Crippen LogP contribution < -0.4 is 24.2 Å². The van der Waals surface area contributed by atoms with Crippen molar-refractivity contribution < 1.29 is 27.4 Å². The largest absolute Gasteiger partial charge is 0.495 e. The summed E-state index contributed by atoms with van der Waals surface area (Å²) in [4.78, 5) is 12.5. The predicted molar refractivity (Wildman–Crippen MR) is 126 cm³/mol. The molecule has 3 aromatic carbocycles. The summed E-state index contributed by atoms with van der Waals surface area (Å²) in [6.45, 7) is 0.406. The summed E-state index contributed by atoms with van der Waals surface area (Å²) in [5.41, 5.74) is 1.67. The Hall–Kier alpha value is -3.72. The molecule has 3 rings (SSSR count). The molecule has 0 saturated carbocycles. The van der Waals surface area contributed by atoms with E-state index in [2.05, 4.69) is 10.0 Å². The minimum Gasteiger partial charge on any atom is -0.495 e. The van der Waals surface area contributed by atoms with Crippen LogP contribution in [0.15, 0.2) is 71.6 Å². The number of nitrogens with one attached hydrogen (secondary N) is 2. The summed E-state index contributed by atoms with van der Waals surface area (Å²) < 4.78 is 43.6. The van der Waals surface area contributed by atoms with Gasteiger partial charge in [-0.2, -0.15) is 0 Å². The van der Waals surface area contributed by atoms with Gasteiger partial charge in [0.2, 0.25) is 0 Å². The maximum Gasteiger partial charge on any atom is 0.262 e. The molecular formula is C24H26N2O6S. The highest BCUT2D eigenvalue weighted by Gasteiger charge is 2.17. The van der Waals surface area contributed by atoms with Crippen molar-refractivity contribution in [2.24, 2.45) is 0 Å². The van der Waals surface area contributed by atoms with Crippen molar-refractivity contribution in [3.05, 3.63) is 77.9 Å². The Kier molecular flexibility index (Phi) is 7.78. The van der Waals surface area contributed by atoms with E-state index < -0.39 is 10.0 Å². The van der Waals surface area contributed by atoms with Crippen molar-refractivity contribution in [2.45, 2.75) is 11.3 Å². The molecule has 174 valence electrons. The van der Waals surface area contributed by atoms with Gasteiger partial charge in [0.05, 0.1) is 31.9 Å². The number of hydrogen-bond donors (Lipinski definition) is 2. The zero-order valence-electron chi connectivity index (χ0n) is 18.6. The average Bonchev–Trinajstić information content (AvgIpc) is 2.84. The first-order valence-corrected chi connectivity index (χ1v) is 11.6. The summed E-state index contributed by atoms with van der Waals surface area (Å²) in [6.07, 6.45) is 0.599. The van der Waals surface area contributed by atoms with E-state index in [0.29, 0.717) is 41.5 Å². The summed E-state index contributed by atoms with van der Waals surface area (Å²) >= 11 is 0. The molecule has 0 radical (unpaired) electrons. The van der Waals surface area contributed by atoms with Crippen LogP contribution >= 0.6 is 0 Å². The molecule has 9 heteroatoms. The molecule has 0 spiro atoms. The number of benzene rings is 3. The number of rotatable bonds is 10. The SMILES string of the molecule is COc1ccccc1NS(=O)(=O)c1ccc(C(=O)NCCc2ccc(OC)c(OC)c2)cc1. The summed E-state index contributed by atoms with van der Waals surface area (Å²) in [7, 11) is 0.767. The maximum absolute atomic E-state index is 12.7. The van der Waals surface area contributed by atoms with Crippen LogP contribution in [0.3, 0.4) is 0 Å². The highest BCUT2D eigenvalue weighted by atomic mass is 32.2. The van der Waals surface area contributed by atoms with E-state index in [1.54, 1.807) is 38.5 Å². The molecule has 0 bridgehead atoms. The van der Waals surface area contributed by atoms with E-state index in [9.17, 15) is 13.2 Å². The molecule has 0 heterocycles. The van der Waals surface area contributed by atoms with Gasteiger partial charge in [0.25, 0.3) is 15.9 Å². The zero-order valence-corrected chi connectivity index (χ0v) is 19.4. The van der Waals surface area contributed by atoms with Gasteiger partial charge in [-0.1, -0.05) is 18.2 Å². The lowest BCUT2D eigenvalue weighted by Crippen LogP contribution is -2.25. The fraction of sp³-hybridized carbons (Fsp3) is 0.208. The van der Waals surface area contributed by atoms with E-state index in [1.807, 2.05) is 18.2 Å². The van der Waals surface area contributed by atoms with Crippen LogP contribution in [0, 0.1) is 0 Å². The van der Waals surface area contributed by atoms with Crippen LogP contribution in [-0.4, -0.2) is 42.2 Å². The Balaban J connectivity index is 1.60. The van der Waals surface area contributed by atoms with Crippen LogP contribution in [0.5, 0.6) is 17.2 Å². The van der Waals surface area contributed by atoms with Crippen LogP contribution in [-0.2, 0) is 16.4 Å². The molecule has 1 amide bonds. The molecular weight excluding hydrogens is 444 g/mol. The molecule has 0 aliphatic heterocycles. The van der Waals surface area contributed by atoms with Crippen molar-refractivity contribution in [3.63, 3.8) is 0 Å². The number of sulfonamides is 1. The Morgan fingerprint density at radius 1 is 0.818 bits per heavy atom. The number of anilines is 1. The summed E-state index contributed by atoms with van der Waals surface area (Å²) in [5, 5.41) is 2.83. The second kappa shape index (κ2) is 10.7. The smallest absolute Gasteiger partial charge is 0.262 e. The Morgan fingerprint density at radius 2 is 1.48 bits per heavy atom. The lowest BCUT2D eigenvalue weighted by atomic mass is 10.1. The van der Waals surface area contributed by atoms with E-state index in [0.717, 1.165) is 5.56 Å². The molecule has 0 unspecified atom stereocenters. The number of hydrogen-bond acceptors (Lipinski definition) is 6. The van der Waals surface area contributed by atoms with Gasteiger partial charge in [-0.3, -0.25) is 9.52 Å². The van der Waals surface area contributed by atoms with Crippen molar-refractivity contribution >= 4 is 21.6 Å². The fourth-order valence-electron chi connectivity index (χ4n) is 3.18. The summed E-state index contributed by atoms with van der Waals surface area (Å²) in [5.74, 6) is 1.38. The first kappa shape index (κ1) is 23.9. The average molecular weight is 471 g/mol. The Morgan fingerprint density at radius 3 is 2.15 bits per heavy atom. The first-order chi connectivity index (χ1) is 15.9. The quantitative estimate of drug-likeness (QED) is 0.470. The monoisotopic (exact) mass is 470 g/mol. The topological polar surface area (TPSA) is 103 Å². The molecule has 0 aliphatic rings. The standard InChI is InChI=1S/C24H26N2O6S/c1-30-21-7-5-4-6-20(21)26-33(28,29)19-11-9-18(10-12-19)24(27)25-15-14-17-8-13-22(31-2)23(16-17)32-3/h4-13,16,26H,14-15H2,1-3H3,(H,25,27). The van der Waals surface area contributed by atoms with Gasteiger partial charge in [0.15, 0.2) is 11.5 Å². The third kappa shape index (κ3) is 5.95. The molecule has 33 heavy (non-hydrogen) atoms. The molecule has 2 N–H and O–H groups in total. The highest BCUT2D eigenvalue weighted by molar-refractivity contribution is 7.92. The first-order valence-electron chi connectivity index (χ1n) is 10.1. The highest BCUT2D eigenvalue weighted by Crippen LogP contribution is 2.28. The third-order valence-electron chi connectivity index (χ3n) is 4.93. The normalized spacial score (nSPS) is 10.9. The lowest BCUT2D eigenvalue weighted by Gasteiger charge is -2.12. The zero-order chi connectivity index (χ0) is 23.8. The minimum atomic E-state index is -3.84. The van der Waals surface area contributed by atoms with Crippen LogP contribution in [0.25, 0.3) is 0 Å². The van der Waals surface area contributed by atoms with Gasteiger partial charge in [0.1, 0.15) is 5.75 Å². The van der Waals surface area contributed by atoms with E-state index in [4.69, 9.17) is 14.2 Å². The van der Waals surface area contributed by atoms with Crippen molar-refractivity contribution in [1.82, 2.24) is 5.32 Å². The third-order valence-corrected chi connectivity index (χ3v) is 6.31. The van der Waals surface area contributed by atoms with Crippen LogP contribution in [0.2, 0.25) is 0 Å². The maximum atomic E-state index is 12.7. The second-order valence-electron chi connectivity index (χ2n) is 7.03. The summed E-state index contributed by atoms with van der Waals surface area (Å²) in [6, 6.07) is 18.0. The van der Waals surface area contributed by atoms with Crippen molar-refractivity contribution in [1.29, 1.82) is 0 Å². The van der Waals surface area contributed by atoms with Crippen molar-refractivity contribution in [2.75, 3.05) is 32.6 Å². The number of ether oxygens (including phenoxy) is 3. The molecule has 0 saturated heterocycles. The van der Waals surface area contributed by atoms with Crippen LogP contribution in [0.1, 0.15) is 15.9 Å². The van der Waals surface area contributed by atoms with Gasteiger partial charge in [-0.15, -0.1) is 0 Å². The van der Waals surface area contributed by atoms with Gasteiger partial charge < -0.3 is 19.5 Å². The van der Waals surface area contributed by atoms with Gasteiger partial charge >= 0.3 is 0 Å². The van der Waals surface area contributed by atoms with Crippen LogP contribution in [0.4, 0.5) is 5.69 Å². The molecule has 0 fully saturated rings. The molecule has 8 nitrogen and oxygen atoms in total. The fourth-order valence-corrected chi connectivity index (χ4v) is 4.25. The Bertz CT molecular complexity index is 1210. The predicted octanol–water partition coefficient (Wildman–Crippen LogP) is 3.49. The van der Waals surface area contributed by atoms with Gasteiger partial charge in [0, 0.05) is 12.1 Å². The van der Waals surface area contributed by atoms with E-state index >= 15 is 0 Å². The lowest BCUT2D eigenvalue weighted by molar-refractivity contribution is 0.0954. The number of para-hydroxylation sites is 2. The van der Waals surface area contributed by atoms with Gasteiger partial charge in [-0.25, -0.2) is 8.42 Å². The number of amides is 1. The van der Waals surface area contributed by atoms with Crippen molar-refractivity contribution in [3.8, 4) is 17.2 Å². The molecule has 0 atom stereocenters. The number of carbonyl (C=O) groups excluding carboxylic acids is 1. The second-order valence-corrected chi connectivity index (χ2v) is 8.71. The van der Waals surface area contributed by atoms with Gasteiger partial charge in [-0.05, 0) is 60.5 Å². The minimum absolute atomic E-state index is 0.0373. The molecule has 0 aliphatic carbocycles. The number of carbonyl (C=O) groups is 1. The molecule has 0 aromatic heterocycles.